The van der Waals surface area contributed by atoms with Crippen LogP contribution in [0.2, 0.25) is 0 Å². The minimum absolute atomic E-state index is 0.0341. The molecule has 9 nitrogen and oxygen atoms in total. The summed E-state index contributed by atoms with van der Waals surface area (Å²) in [5.74, 6) is 0.152. The minimum atomic E-state index is -4.50. The number of β-amino-alcohol motifs (C(OH)–C–C–N with tert-alkyl or cyclic N) is 1. The van der Waals surface area contributed by atoms with E-state index in [9.17, 15) is 26.7 Å². The van der Waals surface area contributed by atoms with E-state index in [4.69, 9.17) is 5.26 Å². The molecular weight excluding hydrogens is 485 g/mol. The summed E-state index contributed by atoms with van der Waals surface area (Å²) in [6, 6.07) is 10.9. The summed E-state index contributed by atoms with van der Waals surface area (Å²) in [6.45, 7) is -0.0958. The lowest BCUT2D eigenvalue weighted by molar-refractivity contribution is -0.137. The molecule has 3 aromatic rings. The highest BCUT2D eigenvalue weighted by molar-refractivity contribution is 7.89. The van der Waals surface area contributed by atoms with E-state index < -0.39 is 33.9 Å². The molecule has 182 valence electrons. The first-order chi connectivity index (χ1) is 16.6. The molecule has 0 spiro atoms. The largest absolute Gasteiger partial charge is 0.417 e. The third kappa shape index (κ3) is 5.40. The zero-order valence-electron chi connectivity index (χ0n) is 18.0. The van der Waals surface area contributed by atoms with E-state index in [-0.39, 0.29) is 35.9 Å². The molecular formula is C22H19F3N6O3S. The molecule has 0 aliphatic carbocycles. The van der Waals surface area contributed by atoms with Crippen molar-refractivity contribution in [1.29, 1.82) is 5.26 Å². The number of anilines is 1. The van der Waals surface area contributed by atoms with Crippen molar-refractivity contribution in [2.75, 3.05) is 18.4 Å². The maximum atomic E-state index is 13.1. The zero-order chi connectivity index (χ0) is 25.2. The lowest BCUT2D eigenvalue weighted by Crippen LogP contribution is -2.51. The quantitative estimate of drug-likeness (QED) is 0.542. The fourth-order valence-electron chi connectivity index (χ4n) is 3.67. The van der Waals surface area contributed by atoms with Crippen LogP contribution in [-0.4, -0.2) is 58.2 Å². The Morgan fingerprint density at radius 3 is 2.46 bits per heavy atom. The highest BCUT2D eigenvalue weighted by atomic mass is 32.2. The Labute approximate surface area is 198 Å². The van der Waals surface area contributed by atoms with Crippen molar-refractivity contribution in [2.45, 2.75) is 29.6 Å². The normalized spacial score (nSPS) is 19.2. The third-order valence-electron chi connectivity index (χ3n) is 5.56. The van der Waals surface area contributed by atoms with Crippen molar-refractivity contribution in [3.8, 4) is 17.2 Å². The van der Waals surface area contributed by atoms with E-state index in [2.05, 4.69) is 20.5 Å². The van der Waals surface area contributed by atoms with Crippen LogP contribution < -0.4 is 5.32 Å². The number of benzene rings is 1. The molecule has 0 radical (unpaired) electrons. The predicted octanol–water partition coefficient (Wildman–Crippen LogP) is 2.67. The lowest BCUT2D eigenvalue weighted by Gasteiger charge is -2.35. The fourth-order valence-corrected chi connectivity index (χ4v) is 5.15. The van der Waals surface area contributed by atoms with Crippen LogP contribution in [0.3, 0.4) is 0 Å². The highest BCUT2D eigenvalue weighted by Crippen LogP contribution is 2.30. The molecule has 3 heterocycles. The maximum absolute atomic E-state index is 13.1. The summed E-state index contributed by atoms with van der Waals surface area (Å²) < 4.78 is 65.4. The number of sulfonamides is 1. The van der Waals surface area contributed by atoms with Crippen LogP contribution in [0.5, 0.6) is 0 Å². The van der Waals surface area contributed by atoms with Gasteiger partial charge in [0.1, 0.15) is 11.9 Å². The number of nitrogens with zero attached hydrogens (tertiary/aromatic N) is 5. The molecule has 0 saturated carbocycles. The number of halogens is 3. The number of hydrogen-bond donors (Lipinski definition) is 2. The van der Waals surface area contributed by atoms with E-state index in [1.165, 1.54) is 24.4 Å². The average molecular weight is 504 g/mol. The van der Waals surface area contributed by atoms with Gasteiger partial charge in [0.15, 0.2) is 5.69 Å². The molecule has 0 unspecified atom stereocenters. The number of piperidine rings is 1. The van der Waals surface area contributed by atoms with Crippen LogP contribution in [0.1, 0.15) is 17.7 Å². The molecule has 13 heteroatoms. The molecule has 1 aromatic carbocycles. The van der Waals surface area contributed by atoms with Gasteiger partial charge in [0.25, 0.3) is 0 Å². The second-order valence-corrected chi connectivity index (χ2v) is 9.80. The van der Waals surface area contributed by atoms with Crippen LogP contribution in [0.15, 0.2) is 59.8 Å². The summed E-state index contributed by atoms with van der Waals surface area (Å²) in [5.41, 5.74) is 0.513. The first kappa shape index (κ1) is 24.5. The summed E-state index contributed by atoms with van der Waals surface area (Å²) >= 11 is 0. The number of rotatable bonds is 5. The van der Waals surface area contributed by atoms with Gasteiger partial charge in [-0.15, -0.1) is 5.10 Å². The van der Waals surface area contributed by atoms with Gasteiger partial charge in [-0.2, -0.15) is 27.8 Å². The van der Waals surface area contributed by atoms with Crippen LogP contribution in [0.25, 0.3) is 11.1 Å². The number of aliphatic hydroxyl groups excluding tert-OH is 1. The molecule has 35 heavy (non-hydrogen) atoms. The van der Waals surface area contributed by atoms with Crippen molar-refractivity contribution in [2.24, 2.45) is 0 Å². The summed E-state index contributed by atoms with van der Waals surface area (Å²) in [4.78, 5) is 3.77. The standard InChI is InChI=1S/C22H19F3N6O3S/c23-22(24,25)16-3-6-21(27-12-16)29-19-7-8-31(13-20(19)32)35(33,34)18-4-1-14(2-5-18)15-9-17(10-26)30-28-11-15/h1-6,9,11-12,19-20,32H,7-8,13H2,(H,27,29)/t19-,20+/m1/s1. The van der Waals surface area contributed by atoms with Crippen molar-refractivity contribution < 1.29 is 26.7 Å². The molecule has 2 atom stereocenters. The van der Waals surface area contributed by atoms with Crippen molar-refractivity contribution in [1.82, 2.24) is 19.5 Å². The number of pyridine rings is 1. The monoisotopic (exact) mass is 504 g/mol. The number of hydrogen-bond acceptors (Lipinski definition) is 8. The molecule has 0 bridgehead atoms. The van der Waals surface area contributed by atoms with Crippen LogP contribution in [-0.2, 0) is 16.2 Å². The average Bonchev–Trinajstić information content (AvgIpc) is 2.85. The van der Waals surface area contributed by atoms with Crippen molar-refractivity contribution >= 4 is 15.8 Å². The third-order valence-corrected chi connectivity index (χ3v) is 7.44. The highest BCUT2D eigenvalue weighted by Gasteiger charge is 2.35. The van der Waals surface area contributed by atoms with Crippen molar-refractivity contribution in [3.05, 3.63) is 66.1 Å². The van der Waals surface area contributed by atoms with E-state index in [1.807, 2.05) is 6.07 Å². The Morgan fingerprint density at radius 1 is 1.11 bits per heavy atom. The molecule has 2 N–H and O–H groups in total. The maximum Gasteiger partial charge on any atom is 0.417 e. The Balaban J connectivity index is 1.42. The number of nitrogens with one attached hydrogen (secondary N) is 1. The van der Waals surface area contributed by atoms with E-state index in [0.29, 0.717) is 17.3 Å². The first-order valence-corrected chi connectivity index (χ1v) is 11.8. The number of alkyl halides is 3. The van der Waals surface area contributed by atoms with Gasteiger partial charge >= 0.3 is 6.18 Å². The van der Waals surface area contributed by atoms with Crippen LogP contribution in [0.4, 0.5) is 19.0 Å². The molecule has 1 saturated heterocycles. The van der Waals surface area contributed by atoms with Crippen molar-refractivity contribution in [3.63, 3.8) is 0 Å². The Morgan fingerprint density at radius 2 is 1.86 bits per heavy atom. The van der Waals surface area contributed by atoms with E-state index in [0.717, 1.165) is 16.4 Å². The summed E-state index contributed by atoms with van der Waals surface area (Å²) in [5, 5.41) is 29.8. The Bertz CT molecular complexity index is 1340. The number of aromatic nitrogens is 3. The Hall–Kier alpha value is -3.60. The smallest absolute Gasteiger partial charge is 0.390 e. The fraction of sp³-hybridized carbons (Fsp3) is 0.273. The molecule has 0 amide bonds. The molecule has 1 aliphatic rings. The van der Waals surface area contributed by atoms with E-state index in [1.54, 1.807) is 12.1 Å². The van der Waals surface area contributed by atoms with Crippen LogP contribution >= 0.6 is 0 Å². The second-order valence-electron chi connectivity index (χ2n) is 7.87. The molecule has 1 aliphatic heterocycles. The minimum Gasteiger partial charge on any atom is -0.390 e. The molecule has 1 fully saturated rings. The van der Waals surface area contributed by atoms with Gasteiger partial charge in [-0.3, -0.25) is 0 Å². The van der Waals surface area contributed by atoms with Gasteiger partial charge in [0, 0.05) is 24.8 Å². The van der Waals surface area contributed by atoms with Gasteiger partial charge in [0.05, 0.1) is 28.8 Å². The zero-order valence-corrected chi connectivity index (χ0v) is 18.8. The summed E-state index contributed by atoms with van der Waals surface area (Å²) in [6.07, 6.45) is -3.22. The summed E-state index contributed by atoms with van der Waals surface area (Å²) in [7, 11) is -3.90. The van der Waals surface area contributed by atoms with Gasteiger partial charge in [-0.05, 0) is 42.3 Å². The van der Waals surface area contributed by atoms with Crippen LogP contribution in [0, 0.1) is 11.3 Å². The SMILES string of the molecule is N#Cc1cc(-c2ccc(S(=O)(=O)N3CC[C@@H](Nc4ccc(C(F)(F)F)cn4)[C@@H](O)C3)cc2)cnn1. The number of nitriles is 1. The lowest BCUT2D eigenvalue weighted by atomic mass is 10.0. The van der Waals surface area contributed by atoms with Gasteiger partial charge < -0.3 is 10.4 Å². The van der Waals surface area contributed by atoms with E-state index >= 15 is 0 Å². The Kier molecular flexibility index (Phi) is 6.70. The topological polar surface area (TPSA) is 132 Å². The first-order valence-electron chi connectivity index (χ1n) is 10.4. The number of aliphatic hydroxyl groups is 1. The van der Waals surface area contributed by atoms with Gasteiger partial charge in [-0.1, -0.05) is 12.1 Å². The molecule has 4 rings (SSSR count). The predicted molar refractivity (Wildman–Crippen MR) is 118 cm³/mol. The van der Waals surface area contributed by atoms with Gasteiger partial charge in [-0.25, -0.2) is 13.4 Å². The molecule has 2 aromatic heterocycles. The second kappa shape index (κ2) is 9.57. The van der Waals surface area contributed by atoms with Gasteiger partial charge in [0.2, 0.25) is 10.0 Å².